The van der Waals surface area contributed by atoms with Gasteiger partial charge in [-0.2, -0.15) is 9.55 Å². The van der Waals surface area contributed by atoms with E-state index in [0.29, 0.717) is 10.8 Å². The van der Waals surface area contributed by atoms with Crippen molar-refractivity contribution in [1.29, 1.82) is 0 Å². The van der Waals surface area contributed by atoms with E-state index in [-0.39, 0.29) is 18.0 Å². The summed E-state index contributed by atoms with van der Waals surface area (Å²) in [4.78, 5) is 24.6. The van der Waals surface area contributed by atoms with E-state index >= 15 is 0 Å². The molecule has 1 aliphatic rings. The van der Waals surface area contributed by atoms with Gasteiger partial charge in [-0.1, -0.05) is 42.1 Å². The summed E-state index contributed by atoms with van der Waals surface area (Å²) >= 11 is 1.28. The van der Waals surface area contributed by atoms with Gasteiger partial charge in [-0.05, 0) is 26.3 Å². The molecule has 3 rings (SSSR count). The van der Waals surface area contributed by atoms with Crippen LogP contribution in [0.25, 0.3) is 0 Å². The lowest BCUT2D eigenvalue weighted by Gasteiger charge is -2.26. The molecular weight excluding hydrogens is 403 g/mol. The van der Waals surface area contributed by atoms with Crippen molar-refractivity contribution in [3.8, 4) is 0 Å². The Kier molecular flexibility index (Phi) is 6.12. The lowest BCUT2D eigenvalue weighted by Crippen LogP contribution is -2.37. The van der Waals surface area contributed by atoms with Gasteiger partial charge < -0.3 is 4.74 Å². The van der Waals surface area contributed by atoms with Crippen molar-refractivity contribution in [1.82, 2.24) is 14.6 Å². The number of ether oxygens (including phenoxy) is 1. The third-order valence-corrected chi connectivity index (χ3v) is 6.63. The normalized spacial score (nSPS) is 18.4. The van der Waals surface area contributed by atoms with Crippen LogP contribution in [0.4, 0.5) is 10.6 Å². The molecule has 0 saturated carbocycles. The van der Waals surface area contributed by atoms with Gasteiger partial charge in [0.25, 0.3) is 0 Å². The van der Waals surface area contributed by atoms with Gasteiger partial charge in [0.1, 0.15) is 10.6 Å². The van der Waals surface area contributed by atoms with E-state index in [9.17, 15) is 14.2 Å². The van der Waals surface area contributed by atoms with Gasteiger partial charge in [0.2, 0.25) is 0 Å². The van der Waals surface area contributed by atoms with E-state index in [1.54, 1.807) is 20.8 Å². The lowest BCUT2D eigenvalue weighted by molar-refractivity contribution is 0.0523. The zero-order chi connectivity index (χ0) is 20.3. The molecule has 28 heavy (non-hydrogen) atoms. The second kappa shape index (κ2) is 8.38. The molecule has 0 fully saturated rings. The number of amides is 2. The first-order valence-electron chi connectivity index (χ1n) is 8.69. The van der Waals surface area contributed by atoms with Crippen molar-refractivity contribution in [2.45, 2.75) is 37.7 Å². The van der Waals surface area contributed by atoms with E-state index < -0.39 is 25.8 Å². The van der Waals surface area contributed by atoms with Gasteiger partial charge in [0, 0.05) is 5.75 Å². The summed E-state index contributed by atoms with van der Waals surface area (Å²) in [6.07, 6.45) is -0.437. The number of rotatable bonds is 7. The van der Waals surface area contributed by atoms with Crippen LogP contribution in [0, 0.1) is 0 Å². The number of anilines is 1. The molecule has 0 bridgehead atoms. The maximum atomic E-state index is 13.2. The third kappa shape index (κ3) is 4.24. The average molecular weight is 424 g/mol. The number of hydrogen-bond acceptors (Lipinski definition) is 7. The van der Waals surface area contributed by atoms with Crippen LogP contribution in [0.2, 0.25) is 0 Å². The van der Waals surface area contributed by atoms with Crippen molar-refractivity contribution < 1.29 is 23.4 Å². The maximum Gasteiger partial charge on any atom is 0.419 e. The Balaban J connectivity index is 2.04. The fraction of sp³-hybridized carbons (Fsp3) is 0.353. The molecule has 1 aliphatic heterocycles. The number of aromatic nitrogens is 2. The van der Waals surface area contributed by atoms with Gasteiger partial charge in [-0.15, -0.1) is 0 Å². The minimum atomic E-state index is -3.85. The van der Waals surface area contributed by atoms with Crippen LogP contribution in [-0.2, 0) is 19.6 Å². The SMILES string of the molecule is CCOC(=O)c1c(SCc2ccccc2)nn2c1NC(=O)NP2(=O)OC(C)C. The second-order valence-electron chi connectivity index (χ2n) is 6.15. The monoisotopic (exact) mass is 424 g/mol. The summed E-state index contributed by atoms with van der Waals surface area (Å²) < 4.78 is 24.9. The Hall–Kier alpha value is -2.29. The Morgan fingerprint density at radius 1 is 1.32 bits per heavy atom. The molecule has 1 unspecified atom stereocenters. The third-order valence-electron chi connectivity index (χ3n) is 3.61. The summed E-state index contributed by atoms with van der Waals surface area (Å²) in [7, 11) is -3.85. The molecule has 1 aromatic carbocycles. The smallest absolute Gasteiger partial charge is 0.419 e. The second-order valence-corrected chi connectivity index (χ2v) is 8.97. The van der Waals surface area contributed by atoms with Crippen molar-refractivity contribution >= 4 is 37.3 Å². The van der Waals surface area contributed by atoms with E-state index in [0.717, 1.165) is 10.0 Å². The first-order chi connectivity index (χ1) is 13.3. The van der Waals surface area contributed by atoms with E-state index in [4.69, 9.17) is 9.26 Å². The highest BCUT2D eigenvalue weighted by Crippen LogP contribution is 2.51. The number of thioether (sulfide) groups is 1. The minimum absolute atomic E-state index is 0.00162. The molecule has 2 N–H and O–H groups in total. The van der Waals surface area contributed by atoms with Gasteiger partial charge in [-0.3, -0.25) is 9.84 Å². The molecule has 0 aliphatic carbocycles. The highest BCUT2D eigenvalue weighted by atomic mass is 32.2. The first kappa shape index (κ1) is 20.4. The topological polar surface area (TPSA) is 112 Å². The number of carbonyl (C=O) groups excluding carboxylic acids is 2. The average Bonchev–Trinajstić information content (AvgIpc) is 2.99. The molecular formula is C17H21N4O5PS. The number of esters is 1. The van der Waals surface area contributed by atoms with Gasteiger partial charge >= 0.3 is 19.7 Å². The molecule has 9 nitrogen and oxygen atoms in total. The molecule has 0 radical (unpaired) electrons. The Morgan fingerprint density at radius 2 is 2.04 bits per heavy atom. The van der Waals surface area contributed by atoms with Crippen molar-refractivity contribution in [2.24, 2.45) is 0 Å². The van der Waals surface area contributed by atoms with Crippen LogP contribution >= 0.6 is 19.4 Å². The number of nitrogens with zero attached hydrogens (tertiary/aromatic N) is 2. The summed E-state index contributed by atoms with van der Waals surface area (Å²) in [6, 6.07) is 8.90. The number of benzene rings is 1. The Labute approximate surface area is 166 Å². The van der Waals surface area contributed by atoms with Crippen molar-refractivity contribution in [2.75, 3.05) is 11.9 Å². The molecule has 0 spiro atoms. The number of hydrogen-bond donors (Lipinski definition) is 2. The van der Waals surface area contributed by atoms with Crippen LogP contribution in [0.1, 0.15) is 36.7 Å². The molecule has 2 heterocycles. The van der Waals surface area contributed by atoms with E-state index in [1.807, 2.05) is 30.3 Å². The standard InChI is InChI=1S/C17H21N4O5PS/c1-4-25-16(22)13-14-18-17(23)20-27(24,26-11(2)3)21(14)19-15(13)28-10-12-8-6-5-7-9-12/h5-9,11H,4,10H2,1-3H3,(H2,18,20,23,24). The predicted octanol–water partition coefficient (Wildman–Crippen LogP) is 3.87. The summed E-state index contributed by atoms with van der Waals surface area (Å²) in [5.74, 6) is -0.125. The highest BCUT2D eigenvalue weighted by Gasteiger charge is 2.42. The molecule has 1 aromatic heterocycles. The highest BCUT2D eigenvalue weighted by molar-refractivity contribution is 7.98. The molecule has 11 heteroatoms. The fourth-order valence-corrected chi connectivity index (χ4v) is 5.33. The van der Waals surface area contributed by atoms with Crippen molar-refractivity contribution in [3.63, 3.8) is 0 Å². The molecule has 150 valence electrons. The van der Waals surface area contributed by atoms with Crippen LogP contribution in [0.5, 0.6) is 0 Å². The Morgan fingerprint density at radius 3 is 2.68 bits per heavy atom. The molecule has 0 saturated heterocycles. The van der Waals surface area contributed by atoms with E-state index in [2.05, 4.69) is 15.5 Å². The van der Waals surface area contributed by atoms with Gasteiger partial charge in [0.15, 0.2) is 5.82 Å². The van der Waals surface area contributed by atoms with Crippen LogP contribution in [0.3, 0.4) is 0 Å². The molecule has 1 atom stereocenters. The zero-order valence-electron chi connectivity index (χ0n) is 15.7. The van der Waals surface area contributed by atoms with Gasteiger partial charge in [-0.25, -0.2) is 19.2 Å². The first-order valence-corrected chi connectivity index (χ1v) is 11.3. The summed E-state index contributed by atoms with van der Waals surface area (Å²) in [5.41, 5.74) is 1.09. The fourth-order valence-electron chi connectivity index (χ4n) is 2.57. The quantitative estimate of drug-likeness (QED) is 0.394. The maximum absolute atomic E-state index is 13.2. The summed E-state index contributed by atoms with van der Waals surface area (Å²) in [5, 5.41) is 9.41. The van der Waals surface area contributed by atoms with Crippen LogP contribution in [0.15, 0.2) is 35.4 Å². The zero-order valence-corrected chi connectivity index (χ0v) is 17.4. The van der Waals surface area contributed by atoms with Crippen molar-refractivity contribution in [3.05, 3.63) is 41.5 Å². The largest absolute Gasteiger partial charge is 0.462 e. The Bertz CT molecular complexity index is 931. The van der Waals surface area contributed by atoms with Crippen LogP contribution < -0.4 is 10.4 Å². The number of carbonyl (C=O) groups is 2. The number of urea groups is 1. The lowest BCUT2D eigenvalue weighted by atomic mass is 10.2. The predicted molar refractivity (Wildman–Crippen MR) is 106 cm³/mol. The number of fused-ring (bicyclic) bond motifs is 1. The summed E-state index contributed by atoms with van der Waals surface area (Å²) in [6.45, 7) is 5.21. The number of nitrogens with one attached hydrogen (secondary N) is 2. The van der Waals surface area contributed by atoms with Crippen LogP contribution in [-0.4, -0.2) is 34.3 Å². The minimum Gasteiger partial charge on any atom is -0.462 e. The molecule has 2 aromatic rings. The van der Waals surface area contributed by atoms with Gasteiger partial charge in [0.05, 0.1) is 12.7 Å². The van der Waals surface area contributed by atoms with E-state index in [1.165, 1.54) is 11.8 Å². The molecule has 2 amide bonds.